The van der Waals surface area contributed by atoms with E-state index in [0.717, 1.165) is 36.1 Å². The molecule has 28 heavy (non-hydrogen) atoms. The van der Waals surface area contributed by atoms with Gasteiger partial charge in [-0.3, -0.25) is 14.9 Å². The van der Waals surface area contributed by atoms with Gasteiger partial charge in [-0.25, -0.2) is 4.79 Å². The number of ether oxygens (including phenoxy) is 1. The van der Waals surface area contributed by atoms with E-state index in [4.69, 9.17) is 4.74 Å². The molecule has 7 nitrogen and oxygen atoms in total. The Kier molecular flexibility index (Phi) is 5.79. The number of carbonyl (C=O) groups is 2. The second-order valence-corrected chi connectivity index (χ2v) is 8.19. The van der Waals surface area contributed by atoms with Crippen molar-refractivity contribution in [1.82, 2.24) is 0 Å². The number of amides is 1. The summed E-state index contributed by atoms with van der Waals surface area (Å²) in [5, 5.41) is 14.4. The second-order valence-electron chi connectivity index (χ2n) is 7.08. The number of benzene rings is 1. The van der Waals surface area contributed by atoms with Crippen LogP contribution in [0.4, 0.5) is 10.7 Å². The summed E-state index contributed by atoms with van der Waals surface area (Å²) in [6.07, 6.45) is 3.41. The van der Waals surface area contributed by atoms with E-state index in [-0.39, 0.29) is 17.4 Å². The Bertz CT molecular complexity index is 948. The minimum atomic E-state index is -0.513. The van der Waals surface area contributed by atoms with E-state index in [2.05, 4.69) is 5.32 Å². The lowest BCUT2D eigenvalue weighted by Crippen LogP contribution is -2.18. The van der Waals surface area contributed by atoms with Crippen LogP contribution < -0.4 is 5.32 Å². The minimum Gasteiger partial charge on any atom is -0.459 e. The minimum absolute atomic E-state index is 0.113. The molecule has 1 aliphatic carbocycles. The first-order valence-corrected chi connectivity index (χ1v) is 10.0. The van der Waals surface area contributed by atoms with Crippen LogP contribution in [0.2, 0.25) is 0 Å². The molecule has 1 aromatic heterocycles. The fraction of sp³-hybridized carbons (Fsp3) is 0.400. The predicted molar refractivity (Wildman–Crippen MR) is 107 cm³/mol. The molecule has 1 N–H and O–H groups in total. The lowest BCUT2D eigenvalue weighted by molar-refractivity contribution is -0.385. The monoisotopic (exact) mass is 402 g/mol. The topological polar surface area (TPSA) is 98.5 Å². The Morgan fingerprint density at radius 1 is 1.25 bits per heavy atom. The molecule has 0 spiro atoms. The van der Waals surface area contributed by atoms with Crippen molar-refractivity contribution in [2.75, 3.05) is 5.32 Å². The summed E-state index contributed by atoms with van der Waals surface area (Å²) in [4.78, 5) is 37.1. The normalized spacial score (nSPS) is 13.1. The molecular formula is C20H22N2O5S. The number of aryl methyl sites for hydroxylation is 2. The molecular weight excluding hydrogens is 380 g/mol. The number of carbonyl (C=O) groups excluding carboxylic acids is 2. The number of nitro groups is 1. The van der Waals surface area contributed by atoms with Crippen molar-refractivity contribution >= 4 is 33.9 Å². The van der Waals surface area contributed by atoms with E-state index in [1.54, 1.807) is 26.8 Å². The molecule has 0 aliphatic heterocycles. The average Bonchev–Trinajstić information content (AvgIpc) is 2.99. The summed E-state index contributed by atoms with van der Waals surface area (Å²) in [5.74, 6) is -0.931. The van der Waals surface area contributed by atoms with Crippen molar-refractivity contribution in [2.24, 2.45) is 0 Å². The van der Waals surface area contributed by atoms with E-state index in [9.17, 15) is 19.7 Å². The number of thiophene rings is 1. The van der Waals surface area contributed by atoms with Crippen molar-refractivity contribution < 1.29 is 19.2 Å². The molecule has 0 unspecified atom stereocenters. The van der Waals surface area contributed by atoms with Crippen molar-refractivity contribution in [3.63, 3.8) is 0 Å². The number of nitrogens with one attached hydrogen (secondary N) is 1. The molecule has 8 heteroatoms. The largest absolute Gasteiger partial charge is 0.459 e. The maximum Gasteiger partial charge on any atom is 0.341 e. The van der Waals surface area contributed by atoms with Gasteiger partial charge in [0.25, 0.3) is 11.6 Å². The SMILES string of the molecule is Cc1ccc(C(=O)Nc2sc3c(c2C(=O)OC(C)C)CCCC3)cc1[N+](=O)[O-]. The zero-order valence-corrected chi connectivity index (χ0v) is 16.9. The molecule has 3 rings (SSSR count). The van der Waals surface area contributed by atoms with Crippen LogP contribution in [-0.2, 0) is 17.6 Å². The van der Waals surface area contributed by atoms with Gasteiger partial charge in [-0.15, -0.1) is 11.3 Å². The third-order valence-corrected chi connectivity index (χ3v) is 5.82. The maximum absolute atomic E-state index is 12.7. The first-order chi connectivity index (χ1) is 13.3. The van der Waals surface area contributed by atoms with Crippen molar-refractivity contribution in [3.05, 3.63) is 55.4 Å². The lowest BCUT2D eigenvalue weighted by atomic mass is 9.95. The van der Waals surface area contributed by atoms with Crippen molar-refractivity contribution in [1.29, 1.82) is 0 Å². The summed E-state index contributed by atoms with van der Waals surface area (Å²) < 4.78 is 5.38. The molecule has 2 aromatic rings. The van der Waals surface area contributed by atoms with Gasteiger partial charge in [-0.2, -0.15) is 0 Å². The molecule has 0 saturated carbocycles. The number of nitro benzene ring substituents is 1. The van der Waals surface area contributed by atoms with Gasteiger partial charge >= 0.3 is 5.97 Å². The van der Waals surface area contributed by atoms with E-state index in [1.165, 1.54) is 23.5 Å². The van der Waals surface area contributed by atoms with Crippen LogP contribution in [-0.4, -0.2) is 22.9 Å². The first-order valence-electron chi connectivity index (χ1n) is 9.19. The van der Waals surface area contributed by atoms with Crippen molar-refractivity contribution in [3.8, 4) is 0 Å². The van der Waals surface area contributed by atoms with Crippen LogP contribution in [0.3, 0.4) is 0 Å². The molecule has 0 atom stereocenters. The summed E-state index contributed by atoms with van der Waals surface area (Å²) >= 11 is 1.39. The molecule has 0 bridgehead atoms. The first kappa shape index (κ1) is 20.0. The number of fused-ring (bicyclic) bond motifs is 1. The molecule has 0 fully saturated rings. The molecule has 0 saturated heterocycles. The van der Waals surface area contributed by atoms with Gasteiger partial charge in [-0.1, -0.05) is 6.07 Å². The Labute approximate surface area is 166 Å². The summed E-state index contributed by atoms with van der Waals surface area (Å²) in [6, 6.07) is 4.34. The third-order valence-electron chi connectivity index (χ3n) is 4.61. The highest BCUT2D eigenvalue weighted by atomic mass is 32.1. The van der Waals surface area contributed by atoms with Gasteiger partial charge in [0, 0.05) is 22.1 Å². The Hall–Kier alpha value is -2.74. The summed E-state index contributed by atoms with van der Waals surface area (Å²) in [5.41, 5.74) is 1.91. The number of rotatable bonds is 5. The van der Waals surface area contributed by atoms with Crippen LogP contribution >= 0.6 is 11.3 Å². The van der Waals surface area contributed by atoms with Gasteiger partial charge in [0.1, 0.15) is 5.00 Å². The summed E-state index contributed by atoms with van der Waals surface area (Å²) in [6.45, 7) is 5.17. The van der Waals surface area contributed by atoms with Gasteiger partial charge in [-0.05, 0) is 58.1 Å². The quantitative estimate of drug-likeness (QED) is 0.445. The standard InChI is InChI=1S/C20H22N2O5S/c1-11(2)27-20(24)17-14-6-4-5-7-16(14)28-19(17)21-18(23)13-9-8-12(3)15(10-13)22(25)26/h8-11H,4-7H2,1-3H3,(H,21,23). The Morgan fingerprint density at radius 3 is 2.64 bits per heavy atom. The zero-order chi connectivity index (χ0) is 20.4. The number of anilines is 1. The maximum atomic E-state index is 12.7. The second kappa shape index (κ2) is 8.10. The van der Waals surface area contributed by atoms with Crippen LogP contribution in [0.1, 0.15) is 63.4 Å². The number of hydrogen-bond acceptors (Lipinski definition) is 6. The Morgan fingerprint density at radius 2 is 1.96 bits per heavy atom. The van der Waals surface area contributed by atoms with Gasteiger partial charge in [0.2, 0.25) is 0 Å². The molecule has 148 valence electrons. The fourth-order valence-corrected chi connectivity index (χ4v) is 4.54. The molecule has 1 heterocycles. The molecule has 1 amide bonds. The summed E-state index contributed by atoms with van der Waals surface area (Å²) in [7, 11) is 0. The van der Waals surface area contributed by atoms with Gasteiger partial charge in [0.15, 0.2) is 0 Å². The van der Waals surface area contributed by atoms with Gasteiger partial charge < -0.3 is 10.1 Å². The highest BCUT2D eigenvalue weighted by Crippen LogP contribution is 2.39. The highest BCUT2D eigenvalue weighted by Gasteiger charge is 2.28. The van der Waals surface area contributed by atoms with Crippen LogP contribution in [0, 0.1) is 17.0 Å². The lowest BCUT2D eigenvalue weighted by Gasteiger charge is -2.14. The number of esters is 1. The van der Waals surface area contributed by atoms with Crippen LogP contribution in [0.25, 0.3) is 0 Å². The van der Waals surface area contributed by atoms with Crippen molar-refractivity contribution in [2.45, 2.75) is 52.6 Å². The van der Waals surface area contributed by atoms with Crippen LogP contribution in [0.5, 0.6) is 0 Å². The smallest absolute Gasteiger partial charge is 0.341 e. The fourth-order valence-electron chi connectivity index (χ4n) is 3.27. The van der Waals surface area contributed by atoms with E-state index < -0.39 is 16.8 Å². The average molecular weight is 402 g/mol. The highest BCUT2D eigenvalue weighted by molar-refractivity contribution is 7.17. The molecule has 0 radical (unpaired) electrons. The van der Waals surface area contributed by atoms with E-state index >= 15 is 0 Å². The number of nitrogens with zero attached hydrogens (tertiary/aromatic N) is 1. The number of hydrogen-bond donors (Lipinski definition) is 1. The zero-order valence-electron chi connectivity index (χ0n) is 16.0. The predicted octanol–water partition coefficient (Wildman–Crippen LogP) is 4.66. The third kappa shape index (κ3) is 4.06. The van der Waals surface area contributed by atoms with E-state index in [1.807, 2.05) is 0 Å². The van der Waals surface area contributed by atoms with Gasteiger partial charge in [0.05, 0.1) is 16.6 Å². The molecule has 1 aliphatic rings. The molecule has 1 aromatic carbocycles. The Balaban J connectivity index is 1.94. The van der Waals surface area contributed by atoms with Crippen LogP contribution in [0.15, 0.2) is 18.2 Å². The van der Waals surface area contributed by atoms with E-state index in [0.29, 0.717) is 16.1 Å².